The molecule has 1 unspecified atom stereocenters. The minimum Gasteiger partial charge on any atom is -0.395 e. The minimum absolute atomic E-state index is 0.0150. The van der Waals surface area contributed by atoms with Gasteiger partial charge in [-0.05, 0) is 13.3 Å². The first-order chi connectivity index (χ1) is 9.16. The Hall–Kier alpha value is -0.800. The van der Waals surface area contributed by atoms with E-state index in [2.05, 4.69) is 5.32 Å². The summed E-state index contributed by atoms with van der Waals surface area (Å²) in [7, 11) is -3.15. The van der Waals surface area contributed by atoms with Crippen LogP contribution < -0.4 is 5.32 Å². The molecular weight excluding hydrogens is 294 g/mol. The largest absolute Gasteiger partial charge is 0.395 e. The molecule has 1 aliphatic rings. The summed E-state index contributed by atoms with van der Waals surface area (Å²) in [6, 6.07) is 0. The van der Waals surface area contributed by atoms with Crippen molar-refractivity contribution in [3.8, 4) is 0 Å². The second kappa shape index (κ2) is 6.77. The topological polar surface area (TPSA) is 86.7 Å². The molecule has 1 saturated heterocycles. The van der Waals surface area contributed by atoms with Gasteiger partial charge in [0.05, 0.1) is 36.7 Å². The van der Waals surface area contributed by atoms with Gasteiger partial charge < -0.3 is 10.4 Å². The average molecular weight is 314 g/mol. The number of hydrogen-bond donors (Lipinski definition) is 2. The van der Waals surface area contributed by atoms with E-state index in [9.17, 15) is 22.0 Å². The van der Waals surface area contributed by atoms with Gasteiger partial charge in [-0.3, -0.25) is 9.69 Å². The Morgan fingerprint density at radius 3 is 2.60 bits per heavy atom. The van der Waals surface area contributed by atoms with Crippen molar-refractivity contribution in [2.75, 3.05) is 37.7 Å². The van der Waals surface area contributed by atoms with Gasteiger partial charge in [-0.25, -0.2) is 17.2 Å². The Morgan fingerprint density at radius 2 is 2.15 bits per heavy atom. The van der Waals surface area contributed by atoms with E-state index in [4.69, 9.17) is 5.11 Å². The molecule has 0 aromatic heterocycles. The molecule has 0 bridgehead atoms. The van der Waals surface area contributed by atoms with Crippen molar-refractivity contribution in [1.29, 1.82) is 0 Å². The smallest absolute Gasteiger partial charge is 0.251 e. The van der Waals surface area contributed by atoms with Crippen LogP contribution in [0.3, 0.4) is 0 Å². The molecule has 9 heteroatoms. The molecular formula is C11H20F2N2O4S. The van der Waals surface area contributed by atoms with Gasteiger partial charge in [-0.15, -0.1) is 0 Å². The molecule has 6 nitrogen and oxygen atoms in total. The molecule has 1 fully saturated rings. The number of sulfone groups is 1. The lowest BCUT2D eigenvalue weighted by molar-refractivity contribution is -0.124. The predicted molar refractivity (Wildman–Crippen MR) is 69.3 cm³/mol. The van der Waals surface area contributed by atoms with Gasteiger partial charge in [0, 0.05) is 6.54 Å². The van der Waals surface area contributed by atoms with Crippen LogP contribution in [-0.2, 0) is 14.6 Å². The summed E-state index contributed by atoms with van der Waals surface area (Å²) in [5.74, 6) is -0.638. The molecule has 0 radical (unpaired) electrons. The van der Waals surface area contributed by atoms with Crippen molar-refractivity contribution in [2.24, 2.45) is 0 Å². The van der Waals surface area contributed by atoms with E-state index in [-0.39, 0.29) is 31.2 Å². The van der Waals surface area contributed by atoms with Crippen LogP contribution >= 0.6 is 0 Å². The van der Waals surface area contributed by atoms with Crippen LogP contribution in [-0.4, -0.2) is 74.0 Å². The third-order valence-electron chi connectivity index (χ3n) is 3.12. The highest BCUT2D eigenvalue weighted by molar-refractivity contribution is 7.91. The number of nitrogens with zero attached hydrogens (tertiary/aromatic N) is 1. The van der Waals surface area contributed by atoms with Gasteiger partial charge in [0.15, 0.2) is 9.84 Å². The van der Waals surface area contributed by atoms with E-state index in [1.54, 1.807) is 6.92 Å². The maximum Gasteiger partial charge on any atom is 0.251 e. The van der Waals surface area contributed by atoms with Gasteiger partial charge in [0.2, 0.25) is 5.91 Å². The van der Waals surface area contributed by atoms with Gasteiger partial charge >= 0.3 is 0 Å². The second-order valence-corrected chi connectivity index (χ2v) is 7.48. The van der Waals surface area contributed by atoms with E-state index in [1.165, 1.54) is 0 Å². The molecule has 0 spiro atoms. The molecule has 0 aromatic rings. The van der Waals surface area contributed by atoms with Crippen LogP contribution in [0.5, 0.6) is 0 Å². The first kappa shape index (κ1) is 17.3. The number of halogens is 2. The average Bonchev–Trinajstić information content (AvgIpc) is 2.51. The summed E-state index contributed by atoms with van der Waals surface area (Å²) in [6.07, 6.45) is -2.28. The summed E-state index contributed by atoms with van der Waals surface area (Å²) >= 11 is 0. The number of carbonyl (C=O) groups excluding carboxylic acids is 1. The van der Waals surface area contributed by atoms with Crippen LogP contribution in [0.15, 0.2) is 0 Å². The Labute approximate surface area is 117 Å². The van der Waals surface area contributed by atoms with Crippen LogP contribution in [0.2, 0.25) is 0 Å². The van der Waals surface area contributed by atoms with Crippen LogP contribution in [0.25, 0.3) is 0 Å². The van der Waals surface area contributed by atoms with Crippen molar-refractivity contribution in [1.82, 2.24) is 10.2 Å². The highest BCUT2D eigenvalue weighted by atomic mass is 32.2. The first-order valence-corrected chi connectivity index (χ1v) is 8.11. The number of aliphatic hydroxyl groups excluding tert-OH is 1. The first-order valence-electron chi connectivity index (χ1n) is 6.29. The Balaban J connectivity index is 2.53. The normalized spacial score (nSPS) is 25.3. The van der Waals surface area contributed by atoms with Crippen molar-refractivity contribution in [2.45, 2.75) is 25.3 Å². The van der Waals surface area contributed by atoms with Crippen molar-refractivity contribution in [3.63, 3.8) is 0 Å². The SMILES string of the molecule is CC1(NC(=O)CN(CCO)CC(F)F)CCS(=O)(=O)C1. The van der Waals surface area contributed by atoms with Crippen LogP contribution in [0, 0.1) is 0 Å². The zero-order chi connectivity index (χ0) is 15.4. The van der Waals surface area contributed by atoms with E-state index in [1.807, 2.05) is 0 Å². The van der Waals surface area contributed by atoms with E-state index < -0.39 is 34.3 Å². The molecule has 0 aromatic carbocycles. The summed E-state index contributed by atoms with van der Waals surface area (Å²) < 4.78 is 47.4. The monoisotopic (exact) mass is 314 g/mol. The number of nitrogens with one attached hydrogen (secondary N) is 1. The number of carbonyl (C=O) groups is 1. The van der Waals surface area contributed by atoms with Crippen molar-refractivity contribution < 1.29 is 27.1 Å². The van der Waals surface area contributed by atoms with E-state index in [0.717, 1.165) is 4.90 Å². The van der Waals surface area contributed by atoms with Gasteiger partial charge in [-0.2, -0.15) is 0 Å². The molecule has 1 rings (SSSR count). The fourth-order valence-electron chi connectivity index (χ4n) is 2.26. The van der Waals surface area contributed by atoms with Gasteiger partial charge in [0.25, 0.3) is 6.43 Å². The highest BCUT2D eigenvalue weighted by Crippen LogP contribution is 2.22. The summed E-state index contributed by atoms with van der Waals surface area (Å²) in [4.78, 5) is 12.9. The fraction of sp³-hybridized carbons (Fsp3) is 0.909. The maximum atomic E-state index is 12.3. The second-order valence-electron chi connectivity index (χ2n) is 5.30. The predicted octanol–water partition coefficient (Wildman–Crippen LogP) is -0.761. The van der Waals surface area contributed by atoms with E-state index in [0.29, 0.717) is 6.42 Å². The molecule has 20 heavy (non-hydrogen) atoms. The maximum absolute atomic E-state index is 12.3. The van der Waals surface area contributed by atoms with E-state index >= 15 is 0 Å². The number of aliphatic hydroxyl groups is 1. The number of hydrogen-bond acceptors (Lipinski definition) is 5. The molecule has 1 amide bonds. The number of amides is 1. The molecule has 0 saturated carbocycles. The van der Waals surface area contributed by atoms with Crippen molar-refractivity contribution >= 4 is 15.7 Å². The molecule has 118 valence electrons. The minimum atomic E-state index is -3.15. The lowest BCUT2D eigenvalue weighted by Gasteiger charge is -2.26. The van der Waals surface area contributed by atoms with Crippen LogP contribution in [0.1, 0.15) is 13.3 Å². The fourth-order valence-corrected chi connectivity index (χ4v) is 4.35. The summed E-state index contributed by atoms with van der Waals surface area (Å²) in [5.41, 5.74) is -0.842. The summed E-state index contributed by atoms with van der Waals surface area (Å²) in [5, 5.41) is 11.4. The number of alkyl halides is 2. The lowest BCUT2D eigenvalue weighted by Crippen LogP contribution is -2.51. The number of rotatable bonds is 7. The quantitative estimate of drug-likeness (QED) is 0.645. The molecule has 1 heterocycles. The Bertz CT molecular complexity index is 444. The Morgan fingerprint density at radius 1 is 1.50 bits per heavy atom. The zero-order valence-corrected chi connectivity index (χ0v) is 12.1. The highest BCUT2D eigenvalue weighted by Gasteiger charge is 2.39. The molecule has 2 N–H and O–H groups in total. The molecule has 1 atom stereocenters. The standard InChI is InChI=1S/C11H20F2N2O4S/c1-11(2-5-20(18,19)8-11)14-10(17)7-15(3-4-16)6-9(12)13/h9,16H,2-8H2,1H3,(H,14,17). The zero-order valence-electron chi connectivity index (χ0n) is 11.3. The van der Waals surface area contributed by atoms with Gasteiger partial charge in [-0.1, -0.05) is 0 Å². The van der Waals surface area contributed by atoms with Crippen LogP contribution in [0.4, 0.5) is 8.78 Å². The molecule has 0 aliphatic carbocycles. The Kier molecular flexibility index (Phi) is 5.84. The lowest BCUT2D eigenvalue weighted by atomic mass is 10.0. The third-order valence-corrected chi connectivity index (χ3v) is 5.03. The van der Waals surface area contributed by atoms with Gasteiger partial charge in [0.1, 0.15) is 0 Å². The molecule has 1 aliphatic heterocycles. The van der Waals surface area contributed by atoms with Crippen molar-refractivity contribution in [3.05, 3.63) is 0 Å². The third kappa shape index (κ3) is 5.68. The summed E-state index contributed by atoms with van der Waals surface area (Å²) in [6.45, 7) is 0.362.